The van der Waals surface area contributed by atoms with Crippen molar-refractivity contribution >= 4 is 17.2 Å². The number of fused-ring (bicyclic) bond motifs is 2. The molecule has 7 nitrogen and oxygen atoms in total. The monoisotopic (exact) mass is 520 g/mol. The van der Waals surface area contributed by atoms with E-state index in [2.05, 4.69) is 54.3 Å². The summed E-state index contributed by atoms with van der Waals surface area (Å²) in [5.74, 6) is 2.44. The molecule has 0 radical (unpaired) electrons. The van der Waals surface area contributed by atoms with Gasteiger partial charge in [0.1, 0.15) is 17.4 Å². The van der Waals surface area contributed by atoms with Crippen molar-refractivity contribution in [2.45, 2.75) is 52.5 Å². The first kappa shape index (κ1) is 24.9. The molecular formula is C32H32N4O3. The second-order valence-corrected chi connectivity index (χ2v) is 10.3. The third kappa shape index (κ3) is 4.58. The van der Waals surface area contributed by atoms with Gasteiger partial charge < -0.3 is 19.0 Å². The predicted molar refractivity (Wildman–Crippen MR) is 152 cm³/mol. The van der Waals surface area contributed by atoms with Crippen molar-refractivity contribution < 1.29 is 14.6 Å². The van der Waals surface area contributed by atoms with Crippen LogP contribution in [-0.2, 0) is 32.9 Å². The van der Waals surface area contributed by atoms with E-state index in [1.54, 1.807) is 12.1 Å². The number of carbonyl (C=O) groups is 1. The molecule has 5 aromatic rings. The molecule has 6 rings (SSSR count). The maximum absolute atomic E-state index is 11.1. The van der Waals surface area contributed by atoms with Gasteiger partial charge >= 0.3 is 6.16 Å². The number of hydrogen-bond donors (Lipinski definition) is 1. The van der Waals surface area contributed by atoms with Gasteiger partial charge in [0.2, 0.25) is 0 Å². The summed E-state index contributed by atoms with van der Waals surface area (Å²) in [5, 5.41) is 9.10. The third-order valence-corrected chi connectivity index (χ3v) is 7.67. The Balaban J connectivity index is 1.38. The van der Waals surface area contributed by atoms with Gasteiger partial charge in [0.25, 0.3) is 0 Å². The summed E-state index contributed by atoms with van der Waals surface area (Å²) in [6.45, 7) is 5.02. The van der Waals surface area contributed by atoms with E-state index in [4.69, 9.17) is 19.8 Å². The summed E-state index contributed by atoms with van der Waals surface area (Å²) in [4.78, 5) is 21.2. The lowest BCUT2D eigenvalue weighted by Crippen LogP contribution is -2.06. The van der Waals surface area contributed by atoms with Crippen molar-refractivity contribution in [3.05, 3.63) is 89.0 Å². The lowest BCUT2D eigenvalue weighted by Gasteiger charge is -2.12. The largest absolute Gasteiger partial charge is 0.511 e. The second kappa shape index (κ2) is 10.1. The van der Waals surface area contributed by atoms with Crippen LogP contribution in [0.4, 0.5) is 4.79 Å². The molecule has 0 bridgehead atoms. The predicted octanol–water partition coefficient (Wildman–Crippen LogP) is 6.96. The van der Waals surface area contributed by atoms with E-state index in [1.807, 2.05) is 24.3 Å². The fourth-order valence-corrected chi connectivity index (χ4v) is 5.80. The van der Waals surface area contributed by atoms with E-state index in [9.17, 15) is 4.79 Å². The number of para-hydroxylation sites is 1. The van der Waals surface area contributed by atoms with Gasteiger partial charge in [0.15, 0.2) is 0 Å². The van der Waals surface area contributed by atoms with Gasteiger partial charge in [-0.3, -0.25) is 0 Å². The minimum Gasteiger partial charge on any atom is -0.449 e. The summed E-state index contributed by atoms with van der Waals surface area (Å²) in [6, 6.07) is 19.9. The van der Waals surface area contributed by atoms with Crippen molar-refractivity contribution in [3.8, 4) is 28.3 Å². The average Bonchev–Trinajstić information content (AvgIpc) is 3.61. The van der Waals surface area contributed by atoms with Crippen LogP contribution in [0.15, 0.2) is 60.7 Å². The first-order valence-electron chi connectivity index (χ1n) is 13.6. The van der Waals surface area contributed by atoms with E-state index >= 15 is 0 Å². The molecule has 0 unspecified atom stereocenters. The summed E-state index contributed by atoms with van der Waals surface area (Å²) in [7, 11) is 2.13. The average molecular weight is 521 g/mol. The highest BCUT2D eigenvalue weighted by molar-refractivity contribution is 5.85. The maximum Gasteiger partial charge on any atom is 0.511 e. The zero-order valence-corrected chi connectivity index (χ0v) is 22.6. The minimum absolute atomic E-state index is 0.326. The summed E-state index contributed by atoms with van der Waals surface area (Å²) in [6.07, 6.45) is 3.94. The van der Waals surface area contributed by atoms with E-state index < -0.39 is 6.16 Å². The van der Waals surface area contributed by atoms with E-state index in [0.717, 1.165) is 76.2 Å². The molecule has 2 heterocycles. The number of aryl methyl sites for hydroxylation is 3. The van der Waals surface area contributed by atoms with Gasteiger partial charge in [-0.25, -0.2) is 14.8 Å². The van der Waals surface area contributed by atoms with Gasteiger partial charge in [-0.15, -0.1) is 0 Å². The minimum atomic E-state index is -1.32. The molecule has 1 aliphatic rings. The first-order valence-corrected chi connectivity index (χ1v) is 13.6. The Labute approximate surface area is 227 Å². The van der Waals surface area contributed by atoms with E-state index in [1.165, 1.54) is 17.8 Å². The van der Waals surface area contributed by atoms with Crippen LogP contribution in [0.3, 0.4) is 0 Å². The van der Waals surface area contributed by atoms with Gasteiger partial charge in [0, 0.05) is 36.8 Å². The molecule has 0 atom stereocenters. The Bertz CT molecular complexity index is 1700. The number of imidazole rings is 2. The Morgan fingerprint density at radius 1 is 1.03 bits per heavy atom. The summed E-state index contributed by atoms with van der Waals surface area (Å²) in [5.41, 5.74) is 9.85. The fourth-order valence-electron chi connectivity index (χ4n) is 5.80. The van der Waals surface area contributed by atoms with E-state index in [-0.39, 0.29) is 0 Å². The van der Waals surface area contributed by atoms with Crippen molar-refractivity contribution in [3.63, 3.8) is 0 Å². The molecule has 0 aliphatic heterocycles. The molecule has 0 saturated carbocycles. The number of hydrogen-bond acceptors (Lipinski definition) is 4. The number of nitrogens with zero attached hydrogens (tertiary/aromatic N) is 4. The van der Waals surface area contributed by atoms with Crippen LogP contribution in [0.1, 0.15) is 48.1 Å². The van der Waals surface area contributed by atoms with Crippen LogP contribution in [0.25, 0.3) is 33.5 Å². The summed E-state index contributed by atoms with van der Waals surface area (Å²) < 4.78 is 9.59. The standard InChI is InChI=1S/C32H32N4O3/c1-4-8-29-34-30-20(2)17-23(31-33-25-10-7-11-26(25)35(31)3)18-27(30)36(29)19-21-13-15-22(16-14-21)24-9-5-6-12-28(24)39-32(37)38/h5-6,9,12-18H,4,7-8,10-11,19H2,1-3H3,(H,37,38). The van der Waals surface area contributed by atoms with Gasteiger partial charge in [0.05, 0.1) is 16.7 Å². The lowest BCUT2D eigenvalue weighted by molar-refractivity contribution is 0.144. The molecule has 2 aromatic heterocycles. The Morgan fingerprint density at radius 3 is 2.56 bits per heavy atom. The smallest absolute Gasteiger partial charge is 0.449 e. The van der Waals surface area contributed by atoms with Gasteiger partial charge in [-0.2, -0.15) is 0 Å². The normalized spacial score (nSPS) is 12.7. The molecule has 3 aromatic carbocycles. The molecule has 39 heavy (non-hydrogen) atoms. The molecule has 198 valence electrons. The molecule has 0 spiro atoms. The lowest BCUT2D eigenvalue weighted by atomic mass is 10.0. The highest BCUT2D eigenvalue weighted by Crippen LogP contribution is 2.33. The van der Waals surface area contributed by atoms with Crippen LogP contribution in [0.5, 0.6) is 5.75 Å². The zero-order valence-electron chi connectivity index (χ0n) is 22.6. The molecule has 0 saturated heterocycles. The zero-order chi connectivity index (χ0) is 27.1. The fraction of sp³-hybridized carbons (Fsp3) is 0.281. The molecule has 7 heteroatoms. The quantitative estimate of drug-likeness (QED) is 0.185. The number of benzene rings is 3. The van der Waals surface area contributed by atoms with Crippen LogP contribution >= 0.6 is 0 Å². The van der Waals surface area contributed by atoms with Crippen LogP contribution < -0.4 is 4.74 Å². The number of carboxylic acid groups (broad SMARTS) is 1. The second-order valence-electron chi connectivity index (χ2n) is 10.3. The molecule has 0 amide bonds. The number of rotatable bonds is 7. The SMILES string of the molecule is CCCc1nc2c(C)cc(-c3nc4c(n3C)CCC4)cc2n1Cc1ccc(-c2ccccc2OC(=O)O)cc1. The van der Waals surface area contributed by atoms with Crippen molar-refractivity contribution in [1.82, 2.24) is 19.1 Å². The molecular weight excluding hydrogens is 488 g/mol. The number of aromatic nitrogens is 4. The van der Waals surface area contributed by atoms with Crippen molar-refractivity contribution in [2.24, 2.45) is 7.05 Å². The number of ether oxygens (including phenoxy) is 1. The maximum atomic E-state index is 11.1. The van der Waals surface area contributed by atoms with Crippen LogP contribution in [-0.4, -0.2) is 30.4 Å². The Hall–Kier alpha value is -4.39. The third-order valence-electron chi connectivity index (χ3n) is 7.67. The topological polar surface area (TPSA) is 82.2 Å². The highest BCUT2D eigenvalue weighted by Gasteiger charge is 2.22. The van der Waals surface area contributed by atoms with Crippen molar-refractivity contribution in [1.29, 1.82) is 0 Å². The molecule has 0 fully saturated rings. The van der Waals surface area contributed by atoms with Gasteiger partial charge in [-0.1, -0.05) is 49.4 Å². The molecule has 1 N–H and O–H groups in total. The van der Waals surface area contributed by atoms with E-state index in [0.29, 0.717) is 12.3 Å². The van der Waals surface area contributed by atoms with Gasteiger partial charge in [-0.05, 0) is 67.5 Å². The van der Waals surface area contributed by atoms with Crippen LogP contribution in [0.2, 0.25) is 0 Å². The Morgan fingerprint density at radius 2 is 1.82 bits per heavy atom. The highest BCUT2D eigenvalue weighted by atomic mass is 16.7. The summed E-state index contributed by atoms with van der Waals surface area (Å²) >= 11 is 0. The van der Waals surface area contributed by atoms with Crippen LogP contribution in [0, 0.1) is 6.92 Å². The first-order chi connectivity index (χ1) is 18.9. The Kier molecular flexibility index (Phi) is 6.43. The van der Waals surface area contributed by atoms with Crippen molar-refractivity contribution in [2.75, 3.05) is 0 Å². The molecule has 1 aliphatic carbocycles.